The normalized spacial score (nSPS) is 21.5. The molecule has 0 radical (unpaired) electrons. The number of ketones is 1. The quantitative estimate of drug-likeness (QED) is 0.645. The molecule has 0 saturated heterocycles. The van der Waals surface area contributed by atoms with Gasteiger partial charge in [-0.25, -0.2) is 0 Å². The highest BCUT2D eigenvalue weighted by atomic mass is 32.3. The molecule has 3 aliphatic rings. The Morgan fingerprint density at radius 2 is 1.81 bits per heavy atom. The van der Waals surface area contributed by atoms with Crippen molar-refractivity contribution in [1.29, 1.82) is 0 Å². The molecule has 0 fully saturated rings. The lowest BCUT2D eigenvalue weighted by molar-refractivity contribution is -0.110. The molecule has 9 heteroatoms. The third-order valence-electron chi connectivity index (χ3n) is 5.03. The third-order valence-corrected chi connectivity index (χ3v) is 5.03. The zero-order valence-electron chi connectivity index (χ0n) is 14.9. The summed E-state index contributed by atoms with van der Waals surface area (Å²) in [7, 11) is -1.31. The van der Waals surface area contributed by atoms with Crippen molar-refractivity contribution in [3.8, 4) is 11.5 Å². The van der Waals surface area contributed by atoms with E-state index in [-0.39, 0.29) is 11.2 Å². The Kier molecular flexibility index (Phi) is 5.13. The number of nitrogens with one attached hydrogen (secondary N) is 1. The second-order valence-corrected chi connectivity index (χ2v) is 7.47. The molecular formula is C18H21NO7S. The summed E-state index contributed by atoms with van der Waals surface area (Å²) >= 11 is 0. The van der Waals surface area contributed by atoms with Gasteiger partial charge in [0.25, 0.3) is 0 Å². The summed E-state index contributed by atoms with van der Waals surface area (Å²) < 4.78 is 42.8. The van der Waals surface area contributed by atoms with Crippen molar-refractivity contribution in [2.75, 3.05) is 20.8 Å². The average molecular weight is 395 g/mol. The number of ether oxygens (including phenoxy) is 2. The van der Waals surface area contributed by atoms with Crippen molar-refractivity contribution in [2.45, 2.75) is 24.3 Å². The highest BCUT2D eigenvalue weighted by Gasteiger charge is 2.46. The fourth-order valence-electron chi connectivity index (χ4n) is 4.10. The molecule has 0 bridgehead atoms. The van der Waals surface area contributed by atoms with Crippen molar-refractivity contribution >= 4 is 16.2 Å². The van der Waals surface area contributed by atoms with Crippen LogP contribution in [0.2, 0.25) is 0 Å². The van der Waals surface area contributed by atoms with Gasteiger partial charge in [0.1, 0.15) is 0 Å². The molecule has 1 aliphatic heterocycles. The molecule has 1 heterocycles. The first-order valence-corrected chi connectivity index (χ1v) is 9.72. The topological polar surface area (TPSA) is 122 Å². The molecule has 0 amide bonds. The number of benzene rings is 1. The predicted octanol–water partition coefficient (Wildman–Crippen LogP) is 1.57. The Morgan fingerprint density at radius 3 is 2.37 bits per heavy atom. The number of allylic oxidation sites excluding steroid dienone is 4. The molecule has 146 valence electrons. The number of fused-ring (bicyclic) bond motifs is 1. The highest BCUT2D eigenvalue weighted by molar-refractivity contribution is 7.79. The van der Waals surface area contributed by atoms with E-state index in [1.807, 2.05) is 12.2 Å². The van der Waals surface area contributed by atoms with Gasteiger partial charge < -0.3 is 14.8 Å². The molecule has 1 aromatic carbocycles. The van der Waals surface area contributed by atoms with E-state index in [4.69, 9.17) is 27.0 Å². The summed E-state index contributed by atoms with van der Waals surface area (Å²) in [5.41, 5.74) is 3.53. The molecule has 3 N–H and O–H groups in total. The molecule has 4 rings (SSSR count). The van der Waals surface area contributed by atoms with E-state index in [0.29, 0.717) is 6.04 Å². The number of carbonyl (C=O) groups excluding carboxylic acids is 1. The van der Waals surface area contributed by atoms with Crippen LogP contribution < -0.4 is 14.8 Å². The Morgan fingerprint density at radius 1 is 1.19 bits per heavy atom. The summed E-state index contributed by atoms with van der Waals surface area (Å²) in [6.45, 7) is 0.967. The minimum Gasteiger partial charge on any atom is -0.493 e. The van der Waals surface area contributed by atoms with Gasteiger partial charge in [-0.15, -0.1) is 0 Å². The van der Waals surface area contributed by atoms with Gasteiger partial charge in [0.2, 0.25) is 0 Å². The second kappa shape index (κ2) is 7.08. The highest BCUT2D eigenvalue weighted by Crippen LogP contribution is 2.56. The van der Waals surface area contributed by atoms with Crippen LogP contribution >= 0.6 is 0 Å². The van der Waals surface area contributed by atoms with Crippen LogP contribution in [0.4, 0.5) is 0 Å². The zero-order valence-corrected chi connectivity index (χ0v) is 15.7. The van der Waals surface area contributed by atoms with E-state index in [1.54, 1.807) is 26.4 Å². The molecule has 0 aromatic heterocycles. The molecule has 0 saturated carbocycles. The van der Waals surface area contributed by atoms with Gasteiger partial charge in [0.15, 0.2) is 17.3 Å². The summed E-state index contributed by atoms with van der Waals surface area (Å²) in [6, 6.07) is 2.41. The van der Waals surface area contributed by atoms with E-state index in [9.17, 15) is 4.79 Å². The molecule has 1 atom stereocenters. The molecule has 1 spiro atoms. The number of carbonyl (C=O) groups is 1. The van der Waals surface area contributed by atoms with Crippen LogP contribution in [0.5, 0.6) is 11.5 Å². The van der Waals surface area contributed by atoms with Gasteiger partial charge in [0, 0.05) is 17.0 Å². The molecule has 27 heavy (non-hydrogen) atoms. The minimum absolute atomic E-state index is 0.0422. The third kappa shape index (κ3) is 3.77. The Balaban J connectivity index is 0.000000376. The van der Waals surface area contributed by atoms with Gasteiger partial charge in [-0.05, 0) is 48.7 Å². The molecule has 2 aliphatic carbocycles. The first-order valence-electron chi connectivity index (χ1n) is 8.32. The average Bonchev–Trinajstić information content (AvgIpc) is 2.92. The maximum atomic E-state index is 11.6. The van der Waals surface area contributed by atoms with Crippen LogP contribution in [0, 0.1) is 0 Å². The van der Waals surface area contributed by atoms with E-state index >= 15 is 0 Å². The van der Waals surface area contributed by atoms with Crippen molar-refractivity contribution in [2.24, 2.45) is 0 Å². The van der Waals surface area contributed by atoms with E-state index in [2.05, 4.69) is 11.4 Å². The first kappa shape index (κ1) is 19.6. The Bertz CT molecular complexity index is 910. The van der Waals surface area contributed by atoms with Crippen LogP contribution in [0.25, 0.3) is 0 Å². The summed E-state index contributed by atoms with van der Waals surface area (Å²) in [5, 5.41) is 3.60. The van der Waals surface area contributed by atoms with Gasteiger partial charge in [-0.1, -0.05) is 12.2 Å². The number of rotatable bonds is 2. The van der Waals surface area contributed by atoms with Crippen LogP contribution in [-0.2, 0) is 27.0 Å². The smallest absolute Gasteiger partial charge is 0.394 e. The predicted molar refractivity (Wildman–Crippen MR) is 97.8 cm³/mol. The standard InChI is InChI=1S/C18H19NO3.H2O4S/c1-21-14-9-11-5-8-19-13-10-18(6-3-12(20)4-7-18)16(15(11)13)17(14)22-2;1-5(2,3)4/h3-4,6-7,9,13,19H,5,8,10H2,1-2H3;(H2,1,2,3,4)/t13-;/m1./s1. The van der Waals surface area contributed by atoms with E-state index in [1.165, 1.54) is 11.1 Å². The van der Waals surface area contributed by atoms with Gasteiger partial charge >= 0.3 is 10.4 Å². The van der Waals surface area contributed by atoms with Crippen LogP contribution in [0.1, 0.15) is 29.2 Å². The van der Waals surface area contributed by atoms with Gasteiger partial charge in [-0.3, -0.25) is 13.9 Å². The maximum absolute atomic E-state index is 11.6. The number of hydrogen-bond donors (Lipinski definition) is 3. The van der Waals surface area contributed by atoms with Crippen LogP contribution in [-0.4, -0.2) is 44.1 Å². The Labute approximate surface area is 157 Å². The lowest BCUT2D eigenvalue weighted by atomic mass is 9.77. The molecule has 0 unspecified atom stereocenters. The number of hydrogen-bond acceptors (Lipinski definition) is 6. The summed E-state index contributed by atoms with van der Waals surface area (Å²) in [6.07, 6.45) is 9.28. The second-order valence-electron chi connectivity index (χ2n) is 6.58. The zero-order chi connectivity index (χ0) is 19.8. The summed E-state index contributed by atoms with van der Waals surface area (Å²) in [4.78, 5) is 11.6. The largest absolute Gasteiger partial charge is 0.493 e. The summed E-state index contributed by atoms with van der Waals surface area (Å²) in [5.74, 6) is 1.61. The van der Waals surface area contributed by atoms with Crippen molar-refractivity contribution < 1.29 is 31.8 Å². The molecule has 8 nitrogen and oxygen atoms in total. The van der Waals surface area contributed by atoms with Gasteiger partial charge in [-0.2, -0.15) is 8.42 Å². The van der Waals surface area contributed by atoms with Crippen molar-refractivity contribution in [1.82, 2.24) is 5.32 Å². The Hall–Kier alpha value is -2.20. The minimum atomic E-state index is -4.67. The maximum Gasteiger partial charge on any atom is 0.394 e. The number of methoxy groups -OCH3 is 2. The monoisotopic (exact) mass is 395 g/mol. The SMILES string of the molecule is COc1cc2c3c(c1OC)C1(C=CC(=O)C=C1)C[C@H]3NCC2.O=S(=O)(O)O. The van der Waals surface area contributed by atoms with Crippen molar-refractivity contribution in [3.63, 3.8) is 0 Å². The van der Waals surface area contributed by atoms with Crippen LogP contribution in [0.3, 0.4) is 0 Å². The first-order chi connectivity index (χ1) is 12.7. The lowest BCUT2D eigenvalue weighted by Crippen LogP contribution is -2.28. The fourth-order valence-corrected chi connectivity index (χ4v) is 4.10. The van der Waals surface area contributed by atoms with Crippen LogP contribution in [0.15, 0.2) is 30.4 Å². The fraction of sp³-hybridized carbons (Fsp3) is 0.389. The van der Waals surface area contributed by atoms with Gasteiger partial charge in [0.05, 0.1) is 14.2 Å². The van der Waals surface area contributed by atoms with E-state index < -0.39 is 10.4 Å². The molecule has 1 aromatic rings. The van der Waals surface area contributed by atoms with Crippen molar-refractivity contribution in [3.05, 3.63) is 47.1 Å². The van der Waals surface area contributed by atoms with E-state index in [0.717, 1.165) is 36.4 Å². The molecular weight excluding hydrogens is 374 g/mol. The lowest BCUT2D eigenvalue weighted by Gasteiger charge is -2.27.